The Morgan fingerprint density at radius 2 is 2.22 bits per heavy atom. The largest absolute Gasteiger partial charge is 0.480 e. The highest BCUT2D eigenvalue weighted by Crippen LogP contribution is 2.32. The quantitative estimate of drug-likeness (QED) is 0.615. The van der Waals surface area contributed by atoms with E-state index in [1.54, 1.807) is 0 Å². The molecule has 6 nitrogen and oxygen atoms in total. The van der Waals surface area contributed by atoms with E-state index < -0.39 is 12.0 Å². The fourth-order valence-electron chi connectivity index (χ4n) is 1.67. The van der Waals surface area contributed by atoms with Crippen LogP contribution in [0.3, 0.4) is 0 Å². The average Bonchev–Trinajstić information content (AvgIpc) is 2.81. The minimum absolute atomic E-state index is 0.264. The van der Waals surface area contributed by atoms with Crippen LogP contribution >= 0.6 is 0 Å². The van der Waals surface area contributed by atoms with Crippen molar-refractivity contribution in [2.45, 2.75) is 12.5 Å². The predicted octanol–water partition coefficient (Wildman–Crippen LogP) is -0.0407. The summed E-state index contributed by atoms with van der Waals surface area (Å²) < 4.78 is 10.5. The minimum atomic E-state index is -0.995. The summed E-state index contributed by atoms with van der Waals surface area (Å²) in [5.74, 6) is 0.528. The molecule has 18 heavy (non-hydrogen) atoms. The highest BCUT2D eigenvalue weighted by atomic mass is 16.7. The predicted molar refractivity (Wildman–Crippen MR) is 64.7 cm³/mol. The first-order chi connectivity index (χ1) is 8.66. The fraction of sp³-hybridized carbons (Fsp3) is 0.417. The normalized spacial score (nSPS) is 14.5. The molecule has 0 bridgehead atoms. The molecule has 0 aromatic heterocycles. The zero-order valence-corrected chi connectivity index (χ0v) is 9.89. The molecule has 1 aromatic carbocycles. The van der Waals surface area contributed by atoms with Crippen LogP contribution in [0.15, 0.2) is 18.2 Å². The van der Waals surface area contributed by atoms with E-state index in [1.165, 1.54) is 0 Å². The van der Waals surface area contributed by atoms with Crippen LogP contribution < -0.4 is 20.5 Å². The van der Waals surface area contributed by atoms with E-state index >= 15 is 0 Å². The fourth-order valence-corrected chi connectivity index (χ4v) is 1.67. The third-order valence-corrected chi connectivity index (χ3v) is 2.71. The van der Waals surface area contributed by atoms with Gasteiger partial charge in [0.2, 0.25) is 6.79 Å². The van der Waals surface area contributed by atoms with Gasteiger partial charge in [0.15, 0.2) is 11.5 Å². The standard InChI is InChI=1S/C12H16N2O4/c13-9(12(15)16)6-14-4-3-8-1-2-10-11(5-8)18-7-17-10/h1-2,5,9,14H,3-4,6-7,13H2,(H,15,16). The number of hydrogen-bond acceptors (Lipinski definition) is 5. The summed E-state index contributed by atoms with van der Waals surface area (Å²) in [7, 11) is 0. The number of rotatable bonds is 6. The molecule has 0 aliphatic carbocycles. The van der Waals surface area contributed by atoms with Gasteiger partial charge in [0.1, 0.15) is 6.04 Å². The van der Waals surface area contributed by atoms with Crippen molar-refractivity contribution >= 4 is 5.97 Å². The van der Waals surface area contributed by atoms with Crippen LogP contribution in [0.5, 0.6) is 11.5 Å². The number of benzene rings is 1. The van der Waals surface area contributed by atoms with Crippen molar-refractivity contribution < 1.29 is 19.4 Å². The highest BCUT2D eigenvalue weighted by Gasteiger charge is 2.13. The van der Waals surface area contributed by atoms with Gasteiger partial charge < -0.3 is 25.6 Å². The number of ether oxygens (including phenoxy) is 2. The molecule has 1 unspecified atom stereocenters. The van der Waals surface area contributed by atoms with Gasteiger partial charge in [0.05, 0.1) is 0 Å². The Morgan fingerprint density at radius 3 is 3.00 bits per heavy atom. The van der Waals surface area contributed by atoms with Gasteiger partial charge in [-0.3, -0.25) is 4.79 Å². The molecule has 1 heterocycles. The Balaban J connectivity index is 1.75. The third-order valence-electron chi connectivity index (χ3n) is 2.71. The number of fused-ring (bicyclic) bond motifs is 1. The molecule has 0 radical (unpaired) electrons. The molecule has 0 amide bonds. The van der Waals surface area contributed by atoms with E-state index in [0.717, 1.165) is 23.5 Å². The van der Waals surface area contributed by atoms with E-state index in [2.05, 4.69) is 5.32 Å². The van der Waals surface area contributed by atoms with Gasteiger partial charge in [-0.1, -0.05) is 6.07 Å². The summed E-state index contributed by atoms with van der Waals surface area (Å²) >= 11 is 0. The zero-order valence-electron chi connectivity index (χ0n) is 9.89. The van der Waals surface area contributed by atoms with E-state index in [1.807, 2.05) is 18.2 Å². The van der Waals surface area contributed by atoms with Gasteiger partial charge in [-0.05, 0) is 30.7 Å². The maximum Gasteiger partial charge on any atom is 0.321 e. The maximum absolute atomic E-state index is 10.5. The molecule has 2 rings (SSSR count). The average molecular weight is 252 g/mol. The molecule has 0 spiro atoms. The molecule has 4 N–H and O–H groups in total. The van der Waals surface area contributed by atoms with E-state index in [9.17, 15) is 4.79 Å². The summed E-state index contributed by atoms with van der Waals surface area (Å²) in [5.41, 5.74) is 6.48. The Kier molecular flexibility index (Phi) is 4.01. The molecule has 0 fully saturated rings. The topological polar surface area (TPSA) is 93.8 Å². The lowest BCUT2D eigenvalue weighted by Gasteiger charge is -2.08. The Hall–Kier alpha value is -1.79. The molecular formula is C12H16N2O4. The van der Waals surface area contributed by atoms with Crippen LogP contribution in [0.2, 0.25) is 0 Å². The smallest absolute Gasteiger partial charge is 0.321 e. The zero-order chi connectivity index (χ0) is 13.0. The SMILES string of the molecule is NC(CNCCc1ccc2c(c1)OCO2)C(=O)O. The van der Waals surface area contributed by atoms with Crippen LogP contribution in [0.25, 0.3) is 0 Å². The van der Waals surface area contributed by atoms with Gasteiger partial charge in [-0.2, -0.15) is 0 Å². The summed E-state index contributed by atoms with van der Waals surface area (Å²) in [4.78, 5) is 10.5. The Morgan fingerprint density at radius 1 is 1.44 bits per heavy atom. The maximum atomic E-state index is 10.5. The van der Waals surface area contributed by atoms with Crippen LogP contribution in [0.4, 0.5) is 0 Å². The summed E-state index contributed by atoms with van der Waals surface area (Å²) in [5, 5.41) is 11.6. The van der Waals surface area contributed by atoms with Crippen LogP contribution in [0, 0.1) is 0 Å². The van der Waals surface area contributed by atoms with Crippen molar-refractivity contribution in [3.8, 4) is 11.5 Å². The lowest BCUT2D eigenvalue weighted by Crippen LogP contribution is -2.40. The van der Waals surface area contributed by atoms with Crippen molar-refractivity contribution in [2.24, 2.45) is 5.73 Å². The Labute approximate surface area is 105 Å². The Bertz CT molecular complexity index is 436. The lowest BCUT2D eigenvalue weighted by molar-refractivity contribution is -0.138. The van der Waals surface area contributed by atoms with Crippen molar-refractivity contribution in [3.05, 3.63) is 23.8 Å². The molecule has 0 saturated carbocycles. The number of carbonyl (C=O) groups is 1. The number of nitrogens with one attached hydrogen (secondary N) is 1. The molecule has 1 atom stereocenters. The number of nitrogens with two attached hydrogens (primary N) is 1. The van der Waals surface area contributed by atoms with Gasteiger partial charge in [0, 0.05) is 6.54 Å². The van der Waals surface area contributed by atoms with Crippen LogP contribution in [0.1, 0.15) is 5.56 Å². The van der Waals surface area contributed by atoms with Gasteiger partial charge in [-0.15, -0.1) is 0 Å². The number of aliphatic carboxylic acids is 1. The number of carboxylic acids is 1. The summed E-state index contributed by atoms with van der Waals surface area (Å²) in [6.07, 6.45) is 0.781. The summed E-state index contributed by atoms with van der Waals surface area (Å²) in [6, 6.07) is 4.91. The van der Waals surface area contributed by atoms with E-state index in [4.69, 9.17) is 20.3 Å². The van der Waals surface area contributed by atoms with Crippen LogP contribution in [-0.4, -0.2) is 37.0 Å². The van der Waals surface area contributed by atoms with Crippen LogP contribution in [-0.2, 0) is 11.2 Å². The molecular weight excluding hydrogens is 236 g/mol. The van der Waals surface area contributed by atoms with Gasteiger partial charge >= 0.3 is 5.97 Å². The monoisotopic (exact) mass is 252 g/mol. The second-order valence-corrected chi connectivity index (χ2v) is 4.09. The minimum Gasteiger partial charge on any atom is -0.480 e. The lowest BCUT2D eigenvalue weighted by atomic mass is 10.1. The van der Waals surface area contributed by atoms with Crippen molar-refractivity contribution in [1.82, 2.24) is 5.32 Å². The molecule has 1 aliphatic heterocycles. The van der Waals surface area contributed by atoms with E-state index in [-0.39, 0.29) is 13.3 Å². The van der Waals surface area contributed by atoms with Crippen molar-refractivity contribution in [1.29, 1.82) is 0 Å². The van der Waals surface area contributed by atoms with E-state index in [0.29, 0.717) is 6.54 Å². The molecule has 1 aromatic rings. The first-order valence-electron chi connectivity index (χ1n) is 5.74. The first kappa shape index (κ1) is 12.7. The second kappa shape index (κ2) is 5.70. The first-order valence-corrected chi connectivity index (χ1v) is 5.74. The second-order valence-electron chi connectivity index (χ2n) is 4.09. The molecule has 98 valence electrons. The molecule has 6 heteroatoms. The number of hydrogen-bond donors (Lipinski definition) is 3. The number of carboxylic acid groups (broad SMARTS) is 1. The third kappa shape index (κ3) is 3.12. The van der Waals surface area contributed by atoms with Gasteiger partial charge in [-0.25, -0.2) is 0 Å². The molecule has 0 saturated heterocycles. The summed E-state index contributed by atoms with van der Waals surface area (Å²) in [6.45, 7) is 1.20. The molecule has 1 aliphatic rings. The van der Waals surface area contributed by atoms with Crippen molar-refractivity contribution in [2.75, 3.05) is 19.9 Å². The highest BCUT2D eigenvalue weighted by molar-refractivity contribution is 5.73. The van der Waals surface area contributed by atoms with Gasteiger partial charge in [0.25, 0.3) is 0 Å². The van der Waals surface area contributed by atoms with Crippen molar-refractivity contribution in [3.63, 3.8) is 0 Å².